The Morgan fingerprint density at radius 1 is 0.473 bits per heavy atom. The minimum absolute atomic E-state index is 0.225. The molecule has 0 aromatic carbocycles. The summed E-state index contributed by atoms with van der Waals surface area (Å²) in [5.74, 6) is -0.297. The highest BCUT2D eigenvalue weighted by Gasteiger charge is 2.53. The van der Waals surface area contributed by atoms with E-state index in [0.29, 0.717) is 12.8 Å². The van der Waals surface area contributed by atoms with Crippen LogP contribution in [0.2, 0.25) is 0 Å². The molecular weight excluding hydrogens is 963 g/mol. The first-order valence-electron chi connectivity index (χ1n) is 28.2. The summed E-state index contributed by atoms with van der Waals surface area (Å²) in [4.78, 5) is 13.3. The Labute approximate surface area is 440 Å². The van der Waals surface area contributed by atoms with Crippen LogP contribution in [0.4, 0.5) is 0 Å². The lowest BCUT2D eigenvalue weighted by Gasteiger charge is -2.48. The van der Waals surface area contributed by atoms with Gasteiger partial charge in [0.2, 0.25) is 5.91 Å². The van der Waals surface area contributed by atoms with E-state index in [9.17, 15) is 61.0 Å². The van der Waals surface area contributed by atoms with Gasteiger partial charge >= 0.3 is 0 Å². The molecule has 3 heterocycles. The lowest BCUT2D eigenvalue weighted by Crippen LogP contribution is -2.66. The van der Waals surface area contributed by atoms with Crippen LogP contribution in [0.1, 0.15) is 174 Å². The zero-order valence-corrected chi connectivity index (χ0v) is 44.6. The number of unbranched alkanes of at least 4 members (excludes halogenated alkanes) is 20. The Kier molecular flexibility index (Phi) is 35.3. The third kappa shape index (κ3) is 23.9. The molecule has 19 nitrogen and oxygen atoms in total. The topological polar surface area (TPSA) is 307 Å². The summed E-state index contributed by atoms with van der Waals surface area (Å²) in [7, 11) is 0. The van der Waals surface area contributed by atoms with Crippen LogP contribution in [-0.4, -0.2) is 193 Å². The number of allylic oxidation sites excluding steroid dienone is 5. The van der Waals surface area contributed by atoms with Crippen molar-refractivity contribution in [2.24, 2.45) is 0 Å². The fraction of sp³-hybridized carbons (Fsp3) is 0.873. The number of amides is 1. The first-order valence-corrected chi connectivity index (χ1v) is 28.2. The summed E-state index contributed by atoms with van der Waals surface area (Å²) >= 11 is 0. The first kappa shape index (κ1) is 66.3. The molecule has 17 unspecified atom stereocenters. The van der Waals surface area contributed by atoms with Crippen LogP contribution >= 0.6 is 0 Å². The molecule has 0 spiro atoms. The maximum atomic E-state index is 13.3. The van der Waals surface area contributed by atoms with Crippen LogP contribution in [-0.2, 0) is 33.2 Å². The first-order chi connectivity index (χ1) is 35.8. The minimum atomic E-state index is -1.98. The summed E-state index contributed by atoms with van der Waals surface area (Å²) in [6, 6.07) is -0.991. The zero-order valence-electron chi connectivity index (χ0n) is 44.6. The van der Waals surface area contributed by atoms with Gasteiger partial charge in [-0.25, -0.2) is 0 Å². The molecule has 74 heavy (non-hydrogen) atoms. The molecular formula is C55H99NO18. The molecule has 0 aromatic heterocycles. The van der Waals surface area contributed by atoms with Crippen molar-refractivity contribution >= 4 is 5.91 Å². The third-order valence-corrected chi connectivity index (χ3v) is 14.2. The number of rotatable bonds is 40. The van der Waals surface area contributed by atoms with Gasteiger partial charge in [-0.1, -0.05) is 147 Å². The zero-order chi connectivity index (χ0) is 54.1. The lowest BCUT2D eigenvalue weighted by atomic mass is 9.96. The van der Waals surface area contributed by atoms with Crippen molar-refractivity contribution in [2.45, 2.75) is 279 Å². The van der Waals surface area contributed by atoms with Gasteiger partial charge in [-0.3, -0.25) is 4.79 Å². The predicted molar refractivity (Wildman–Crippen MR) is 277 cm³/mol. The highest BCUT2D eigenvalue weighted by molar-refractivity contribution is 5.76. The van der Waals surface area contributed by atoms with Crippen LogP contribution in [0.5, 0.6) is 0 Å². The van der Waals surface area contributed by atoms with Crippen LogP contribution in [0.3, 0.4) is 0 Å². The van der Waals surface area contributed by atoms with Crippen molar-refractivity contribution in [1.82, 2.24) is 5.32 Å². The standard InChI is InChI=1S/C55H99NO18/c1-3-5-7-9-11-13-15-17-18-19-21-22-24-26-28-30-32-39(60)38(56-43(61)33-31-29-27-25-23-20-16-14-12-10-8-6-4-2)37-69-53-49(67)46(64)51(41(35-58)71-53)74-55-50(68)47(65)52(42(36-59)72-55)73-54-48(66)45(63)44(62)40(34-57)70-54/h14,16,22,24,30,32,38-42,44-55,57-60,62-68H,3-13,15,17-21,23,25-29,31,33-37H2,1-2H3,(H,56,61)/b16-14-,24-22+,32-30+. The normalized spacial score (nSPS) is 31.7. The second-order valence-electron chi connectivity index (χ2n) is 20.4. The molecule has 12 N–H and O–H groups in total. The average Bonchev–Trinajstić information content (AvgIpc) is 3.40. The number of carbonyl (C=O) groups excluding carboxylic acids is 1. The molecule has 0 aliphatic carbocycles. The Balaban J connectivity index is 1.55. The maximum Gasteiger partial charge on any atom is 0.220 e. The largest absolute Gasteiger partial charge is 0.394 e. The Morgan fingerprint density at radius 3 is 1.36 bits per heavy atom. The number of nitrogens with one attached hydrogen (secondary N) is 1. The van der Waals surface area contributed by atoms with Crippen molar-refractivity contribution < 1.29 is 89.4 Å². The van der Waals surface area contributed by atoms with E-state index >= 15 is 0 Å². The Bertz CT molecular complexity index is 1500. The van der Waals surface area contributed by atoms with Gasteiger partial charge in [0.1, 0.15) is 73.2 Å². The molecule has 3 aliphatic heterocycles. The summed E-state index contributed by atoms with van der Waals surface area (Å²) in [6.07, 6.45) is 12.8. The van der Waals surface area contributed by atoms with Gasteiger partial charge in [-0.2, -0.15) is 0 Å². The fourth-order valence-corrected chi connectivity index (χ4v) is 9.43. The average molecular weight is 1060 g/mol. The van der Waals surface area contributed by atoms with Crippen molar-refractivity contribution in [3.05, 3.63) is 36.5 Å². The van der Waals surface area contributed by atoms with Crippen molar-refractivity contribution in [2.75, 3.05) is 26.4 Å². The number of hydrogen-bond donors (Lipinski definition) is 12. The Morgan fingerprint density at radius 2 is 0.865 bits per heavy atom. The summed E-state index contributed by atoms with van der Waals surface area (Å²) < 4.78 is 34.1. The van der Waals surface area contributed by atoms with Crippen molar-refractivity contribution in [3.63, 3.8) is 0 Å². The van der Waals surface area contributed by atoms with Crippen LogP contribution in [0.25, 0.3) is 0 Å². The molecule has 0 saturated carbocycles. The SMILES string of the molecule is CCCCCC/C=C\CCCCCCCC(=O)NC(COC1OC(CO)C(OC2OC(CO)C(OC3OC(CO)C(O)C(O)C3O)C(O)C2O)C(O)C1O)C(O)/C=C/CC/C=C/CCCCCCCCCCCC. The van der Waals surface area contributed by atoms with E-state index in [2.05, 4.69) is 43.5 Å². The van der Waals surface area contributed by atoms with Gasteiger partial charge in [0.25, 0.3) is 0 Å². The highest BCUT2D eigenvalue weighted by atomic mass is 16.8. The molecule has 0 bridgehead atoms. The van der Waals surface area contributed by atoms with E-state index in [0.717, 1.165) is 57.8 Å². The van der Waals surface area contributed by atoms with E-state index in [-0.39, 0.29) is 18.9 Å². The summed E-state index contributed by atoms with van der Waals surface area (Å²) in [5.41, 5.74) is 0. The predicted octanol–water partition coefficient (Wildman–Crippen LogP) is 3.76. The van der Waals surface area contributed by atoms with Crippen molar-refractivity contribution in [1.29, 1.82) is 0 Å². The second kappa shape index (κ2) is 39.4. The summed E-state index contributed by atoms with van der Waals surface area (Å²) in [6.45, 7) is 1.65. The van der Waals surface area contributed by atoms with Gasteiger partial charge in [0, 0.05) is 6.42 Å². The maximum absolute atomic E-state index is 13.3. The van der Waals surface area contributed by atoms with E-state index < -0.39 is 124 Å². The smallest absolute Gasteiger partial charge is 0.220 e. The second-order valence-corrected chi connectivity index (χ2v) is 20.4. The van der Waals surface area contributed by atoms with Crippen LogP contribution in [0, 0.1) is 0 Å². The molecule has 17 atom stereocenters. The monoisotopic (exact) mass is 1060 g/mol. The van der Waals surface area contributed by atoms with E-state index in [1.807, 2.05) is 6.08 Å². The Hall–Kier alpha value is -1.99. The highest BCUT2D eigenvalue weighted by Crippen LogP contribution is 2.33. The number of aliphatic hydroxyl groups is 11. The van der Waals surface area contributed by atoms with Crippen molar-refractivity contribution in [3.8, 4) is 0 Å². The quantitative estimate of drug-likeness (QED) is 0.0307. The summed E-state index contributed by atoms with van der Waals surface area (Å²) in [5, 5.41) is 120. The molecule has 3 rings (SSSR count). The molecule has 0 radical (unpaired) electrons. The number of hydrogen-bond acceptors (Lipinski definition) is 18. The van der Waals surface area contributed by atoms with Gasteiger partial charge in [0.05, 0.1) is 38.6 Å². The van der Waals surface area contributed by atoms with Gasteiger partial charge in [0.15, 0.2) is 18.9 Å². The van der Waals surface area contributed by atoms with Gasteiger partial charge in [-0.05, 0) is 57.8 Å². The van der Waals surface area contributed by atoms with Crippen LogP contribution < -0.4 is 5.32 Å². The lowest BCUT2D eigenvalue weighted by molar-refractivity contribution is -0.379. The number of aliphatic hydroxyl groups excluding tert-OH is 11. The molecule has 3 fully saturated rings. The fourth-order valence-electron chi connectivity index (χ4n) is 9.43. The molecule has 1 amide bonds. The molecule has 432 valence electrons. The minimum Gasteiger partial charge on any atom is -0.394 e. The van der Waals surface area contributed by atoms with E-state index in [4.69, 9.17) is 28.4 Å². The molecule has 3 aliphatic rings. The number of ether oxygens (including phenoxy) is 6. The van der Waals surface area contributed by atoms with E-state index in [1.54, 1.807) is 6.08 Å². The molecule has 0 aromatic rings. The van der Waals surface area contributed by atoms with Gasteiger partial charge in [-0.15, -0.1) is 0 Å². The molecule has 3 saturated heterocycles. The third-order valence-electron chi connectivity index (χ3n) is 14.2. The van der Waals surface area contributed by atoms with Crippen LogP contribution in [0.15, 0.2) is 36.5 Å². The van der Waals surface area contributed by atoms with Gasteiger partial charge < -0.3 is 89.9 Å². The number of carbonyl (C=O) groups is 1. The molecule has 19 heteroatoms. The van der Waals surface area contributed by atoms with E-state index in [1.165, 1.54) is 83.5 Å².